The molecule has 1 saturated heterocycles. The van der Waals surface area contributed by atoms with Crippen molar-refractivity contribution < 1.29 is 36.2 Å². The number of benzene rings is 2. The lowest BCUT2D eigenvalue weighted by Gasteiger charge is -2.30. The summed E-state index contributed by atoms with van der Waals surface area (Å²) in [5.41, 5.74) is -0.479. The van der Waals surface area contributed by atoms with Gasteiger partial charge in [-0.15, -0.1) is 0 Å². The monoisotopic (exact) mass is 483 g/mol. The van der Waals surface area contributed by atoms with Gasteiger partial charge < -0.3 is 19.1 Å². The average Bonchev–Trinajstić information content (AvgIpc) is 3.21. The van der Waals surface area contributed by atoms with Gasteiger partial charge in [-0.2, -0.15) is 0 Å². The molecule has 3 rings (SSSR count). The first kappa shape index (κ1) is 24.8. The van der Waals surface area contributed by atoms with E-state index in [1.807, 2.05) is 0 Å². The molecule has 7 nitrogen and oxygen atoms in total. The van der Waals surface area contributed by atoms with E-state index in [4.69, 9.17) is 14.2 Å². The Kier molecular flexibility index (Phi) is 7.16. The van der Waals surface area contributed by atoms with Gasteiger partial charge in [0, 0.05) is 36.4 Å². The van der Waals surface area contributed by atoms with Crippen LogP contribution in [0.15, 0.2) is 30.3 Å². The molecule has 1 atom stereocenters. The molecule has 2 aromatic rings. The molecule has 0 bridgehead atoms. The number of rotatable bonds is 8. The van der Waals surface area contributed by atoms with Gasteiger partial charge >= 0.3 is 0 Å². The fraction of sp³-hybridized carbons (Fsp3) is 0.435. The van der Waals surface area contributed by atoms with Crippen molar-refractivity contribution >= 4 is 15.7 Å². The number of sulfone groups is 1. The van der Waals surface area contributed by atoms with Gasteiger partial charge in [-0.1, -0.05) is 6.07 Å². The lowest BCUT2D eigenvalue weighted by molar-refractivity contribution is 0.0781. The fourth-order valence-corrected chi connectivity index (χ4v) is 5.05. The number of halogens is 2. The lowest BCUT2D eigenvalue weighted by atomic mass is 9.77. The van der Waals surface area contributed by atoms with Crippen LogP contribution in [0.4, 0.5) is 8.78 Å². The zero-order valence-corrected chi connectivity index (χ0v) is 19.8. The molecule has 1 unspecified atom stereocenters. The maximum Gasteiger partial charge on any atom is 0.254 e. The Balaban J connectivity index is 1.97. The standard InChI is InChI=1S/C23H27F2NO6S/c1-30-19-11-15(12-20(31-2)21(19)32-3)22(27)26-9-7-23(14-26,8-10-33(4,28)29)17-6-5-16(24)13-18(17)25/h5-6,11-13H,7-10,14H2,1-4H3. The molecule has 0 spiro atoms. The minimum Gasteiger partial charge on any atom is -0.493 e. The number of amides is 1. The first-order valence-electron chi connectivity index (χ1n) is 10.3. The van der Waals surface area contributed by atoms with Gasteiger partial charge in [0.1, 0.15) is 21.5 Å². The summed E-state index contributed by atoms with van der Waals surface area (Å²) in [5, 5.41) is 0. The number of hydrogen-bond donors (Lipinski definition) is 0. The van der Waals surface area contributed by atoms with Crippen molar-refractivity contribution in [1.82, 2.24) is 4.90 Å². The summed E-state index contributed by atoms with van der Waals surface area (Å²) in [6.07, 6.45) is 1.55. The number of ether oxygens (including phenoxy) is 3. The molecule has 180 valence electrons. The second kappa shape index (κ2) is 9.54. The highest BCUT2D eigenvalue weighted by Crippen LogP contribution is 2.42. The number of hydrogen-bond acceptors (Lipinski definition) is 6. The van der Waals surface area contributed by atoms with Crippen molar-refractivity contribution in [3.05, 3.63) is 53.1 Å². The van der Waals surface area contributed by atoms with Crippen LogP contribution in [0.3, 0.4) is 0 Å². The quantitative estimate of drug-likeness (QED) is 0.574. The first-order valence-corrected chi connectivity index (χ1v) is 12.3. The van der Waals surface area contributed by atoms with Crippen LogP contribution in [0.5, 0.6) is 17.2 Å². The van der Waals surface area contributed by atoms with Crippen molar-refractivity contribution in [2.45, 2.75) is 18.3 Å². The van der Waals surface area contributed by atoms with Gasteiger partial charge in [0.2, 0.25) is 5.75 Å². The molecule has 10 heteroatoms. The molecule has 1 aliphatic rings. The van der Waals surface area contributed by atoms with Gasteiger partial charge in [-0.3, -0.25) is 4.79 Å². The molecule has 1 aliphatic heterocycles. The van der Waals surface area contributed by atoms with Crippen LogP contribution >= 0.6 is 0 Å². The number of methoxy groups -OCH3 is 3. The number of likely N-dealkylation sites (tertiary alicyclic amines) is 1. The number of carbonyl (C=O) groups is 1. The van der Waals surface area contributed by atoms with Crippen LogP contribution < -0.4 is 14.2 Å². The summed E-state index contributed by atoms with van der Waals surface area (Å²) in [7, 11) is 0.992. The summed E-state index contributed by atoms with van der Waals surface area (Å²) in [4.78, 5) is 14.9. The molecule has 0 aliphatic carbocycles. The zero-order chi connectivity index (χ0) is 24.4. The Hall–Kier alpha value is -2.88. The summed E-state index contributed by atoms with van der Waals surface area (Å²) in [6.45, 7) is 0.358. The summed E-state index contributed by atoms with van der Waals surface area (Å²) in [6, 6.07) is 6.31. The maximum atomic E-state index is 14.8. The Morgan fingerprint density at radius 3 is 2.21 bits per heavy atom. The third-order valence-electron chi connectivity index (χ3n) is 6.01. The normalized spacial score (nSPS) is 18.3. The SMILES string of the molecule is COc1cc(C(=O)N2CCC(CCS(C)(=O)=O)(c3ccc(F)cc3F)C2)cc(OC)c1OC. The predicted octanol–water partition coefficient (Wildman–Crippen LogP) is 3.21. The third-order valence-corrected chi connectivity index (χ3v) is 6.95. The van der Waals surface area contributed by atoms with Crippen molar-refractivity contribution in [3.8, 4) is 17.2 Å². The van der Waals surface area contributed by atoms with E-state index in [9.17, 15) is 22.0 Å². The van der Waals surface area contributed by atoms with E-state index in [0.717, 1.165) is 18.4 Å². The van der Waals surface area contributed by atoms with E-state index < -0.39 is 26.9 Å². The zero-order valence-electron chi connectivity index (χ0n) is 19.0. The topological polar surface area (TPSA) is 82.1 Å². The minimum atomic E-state index is -3.34. The average molecular weight is 484 g/mol. The molecule has 0 aromatic heterocycles. The van der Waals surface area contributed by atoms with Crippen molar-refractivity contribution in [3.63, 3.8) is 0 Å². The molecule has 0 radical (unpaired) electrons. The van der Waals surface area contributed by atoms with Crippen molar-refractivity contribution in [2.75, 3.05) is 46.4 Å². The Morgan fingerprint density at radius 2 is 1.70 bits per heavy atom. The summed E-state index contributed by atoms with van der Waals surface area (Å²) in [5.74, 6) is -1.05. The maximum absolute atomic E-state index is 14.8. The highest BCUT2D eigenvalue weighted by Gasteiger charge is 2.43. The van der Waals surface area contributed by atoms with Crippen molar-refractivity contribution in [1.29, 1.82) is 0 Å². The van der Waals surface area contributed by atoms with Crippen LogP contribution in [0.1, 0.15) is 28.8 Å². The number of carbonyl (C=O) groups excluding carboxylic acids is 1. The molecule has 1 heterocycles. The Morgan fingerprint density at radius 1 is 1.06 bits per heavy atom. The summed E-state index contributed by atoms with van der Waals surface area (Å²) < 4.78 is 67.9. The second-order valence-electron chi connectivity index (χ2n) is 8.18. The molecular formula is C23H27F2NO6S. The van der Waals surface area contributed by atoms with Crippen LogP contribution in [-0.2, 0) is 15.3 Å². The molecule has 33 heavy (non-hydrogen) atoms. The Bertz CT molecular complexity index is 1130. The first-order chi connectivity index (χ1) is 15.5. The Labute approximate surface area is 192 Å². The van der Waals surface area contributed by atoms with Gasteiger partial charge in [0.05, 0.1) is 27.1 Å². The highest BCUT2D eigenvalue weighted by atomic mass is 32.2. The van der Waals surface area contributed by atoms with E-state index in [-0.39, 0.29) is 42.3 Å². The third kappa shape index (κ3) is 5.21. The highest BCUT2D eigenvalue weighted by molar-refractivity contribution is 7.90. The van der Waals surface area contributed by atoms with Crippen LogP contribution in [-0.4, -0.2) is 65.7 Å². The second-order valence-corrected chi connectivity index (χ2v) is 10.4. The van der Waals surface area contributed by atoms with Gasteiger partial charge in [0.15, 0.2) is 11.5 Å². The van der Waals surface area contributed by atoms with E-state index >= 15 is 0 Å². The van der Waals surface area contributed by atoms with Gasteiger partial charge in [-0.05, 0) is 36.6 Å². The van der Waals surface area contributed by atoms with Crippen molar-refractivity contribution in [2.24, 2.45) is 0 Å². The molecule has 1 fully saturated rings. The largest absolute Gasteiger partial charge is 0.493 e. The fourth-order valence-electron chi connectivity index (χ4n) is 4.29. The van der Waals surface area contributed by atoms with E-state index in [2.05, 4.69) is 0 Å². The smallest absolute Gasteiger partial charge is 0.254 e. The number of nitrogens with zero attached hydrogens (tertiary/aromatic N) is 1. The van der Waals surface area contributed by atoms with Crippen LogP contribution in [0.2, 0.25) is 0 Å². The van der Waals surface area contributed by atoms with Gasteiger partial charge in [0.25, 0.3) is 5.91 Å². The van der Waals surface area contributed by atoms with E-state index in [1.54, 1.807) is 0 Å². The van der Waals surface area contributed by atoms with Crippen LogP contribution in [0, 0.1) is 11.6 Å². The van der Waals surface area contributed by atoms with E-state index in [0.29, 0.717) is 23.7 Å². The molecule has 1 amide bonds. The molecule has 2 aromatic carbocycles. The summed E-state index contributed by atoms with van der Waals surface area (Å²) >= 11 is 0. The van der Waals surface area contributed by atoms with Gasteiger partial charge in [-0.25, -0.2) is 17.2 Å². The molecule has 0 N–H and O–H groups in total. The molecular weight excluding hydrogens is 456 g/mol. The van der Waals surface area contributed by atoms with E-state index in [1.165, 1.54) is 44.4 Å². The lowest BCUT2D eigenvalue weighted by Crippen LogP contribution is -2.36. The molecule has 0 saturated carbocycles. The van der Waals surface area contributed by atoms with Crippen LogP contribution in [0.25, 0.3) is 0 Å². The minimum absolute atomic E-state index is 0.0839. The predicted molar refractivity (Wildman–Crippen MR) is 119 cm³/mol.